The molecule has 1 aliphatic rings. The highest BCUT2D eigenvalue weighted by Gasteiger charge is 2.23. The molecular weight excluding hydrogens is 256 g/mol. The van der Waals surface area contributed by atoms with E-state index < -0.39 is 0 Å². The Kier molecular flexibility index (Phi) is 6.36. The first-order valence-corrected chi connectivity index (χ1v) is 7.40. The van der Waals surface area contributed by atoms with Gasteiger partial charge in [0.2, 0.25) is 0 Å². The van der Waals surface area contributed by atoms with E-state index in [2.05, 4.69) is 58.1 Å². The second-order valence-corrected chi connectivity index (χ2v) is 6.24. The van der Waals surface area contributed by atoms with Gasteiger partial charge in [0.15, 0.2) is 0 Å². The SMILES string of the molecule is CC1=C(/C=C/C(C)=C/C=C/C(C)=C/C=O)C(C)(C)CC=C1. The summed E-state index contributed by atoms with van der Waals surface area (Å²) in [6.07, 6.45) is 18.3. The number of allylic oxidation sites excluding steroid dienone is 12. The molecule has 0 saturated heterocycles. The van der Waals surface area contributed by atoms with E-state index in [1.807, 2.05) is 19.1 Å². The molecule has 0 aromatic carbocycles. The standard InChI is InChI=1S/C20H26O/c1-16(8-6-9-17(2)13-15-21)11-12-19-18(3)10-7-14-20(19,4)5/h6-13,15H,14H2,1-5H3/b9-6+,12-11+,16-8+,17-13+. The van der Waals surface area contributed by atoms with E-state index in [1.165, 1.54) is 16.7 Å². The van der Waals surface area contributed by atoms with Crippen molar-refractivity contribution >= 4 is 6.29 Å². The van der Waals surface area contributed by atoms with E-state index in [-0.39, 0.29) is 5.41 Å². The molecule has 0 amide bonds. The summed E-state index contributed by atoms with van der Waals surface area (Å²) in [7, 11) is 0. The number of hydrogen-bond acceptors (Lipinski definition) is 1. The molecule has 0 unspecified atom stereocenters. The molecule has 0 N–H and O–H groups in total. The topological polar surface area (TPSA) is 17.1 Å². The van der Waals surface area contributed by atoms with Crippen LogP contribution in [0.3, 0.4) is 0 Å². The predicted octanol–water partition coefficient (Wildman–Crippen LogP) is 5.49. The quantitative estimate of drug-likeness (QED) is 0.370. The van der Waals surface area contributed by atoms with Gasteiger partial charge in [-0.15, -0.1) is 0 Å². The zero-order valence-corrected chi connectivity index (χ0v) is 13.8. The molecule has 0 aliphatic heterocycles. The van der Waals surface area contributed by atoms with Gasteiger partial charge in [0.1, 0.15) is 6.29 Å². The molecule has 0 bridgehead atoms. The summed E-state index contributed by atoms with van der Waals surface area (Å²) in [5, 5.41) is 0. The van der Waals surface area contributed by atoms with Crippen molar-refractivity contribution in [3.8, 4) is 0 Å². The van der Waals surface area contributed by atoms with Gasteiger partial charge in [0, 0.05) is 0 Å². The Morgan fingerprint density at radius 1 is 1.14 bits per heavy atom. The van der Waals surface area contributed by atoms with Crippen LogP contribution < -0.4 is 0 Å². The molecule has 0 heterocycles. The number of hydrogen-bond donors (Lipinski definition) is 0. The van der Waals surface area contributed by atoms with Gasteiger partial charge < -0.3 is 0 Å². The molecule has 0 spiro atoms. The van der Waals surface area contributed by atoms with Gasteiger partial charge in [0.25, 0.3) is 0 Å². The molecule has 0 saturated carbocycles. The largest absolute Gasteiger partial charge is 0.299 e. The normalized spacial score (nSPS) is 19.9. The second-order valence-electron chi connectivity index (χ2n) is 6.24. The Morgan fingerprint density at radius 3 is 2.43 bits per heavy atom. The maximum Gasteiger partial charge on any atom is 0.143 e. The average Bonchev–Trinajstić information content (AvgIpc) is 2.37. The van der Waals surface area contributed by atoms with Gasteiger partial charge in [-0.2, -0.15) is 0 Å². The minimum atomic E-state index is 0.203. The Bertz CT molecular complexity index is 561. The fraction of sp³-hybridized carbons (Fsp3) is 0.350. The molecule has 0 aromatic heterocycles. The Hall–Kier alpha value is -1.89. The lowest BCUT2D eigenvalue weighted by Gasteiger charge is -2.29. The van der Waals surface area contributed by atoms with Crippen molar-refractivity contribution in [2.75, 3.05) is 0 Å². The van der Waals surface area contributed by atoms with Crippen molar-refractivity contribution in [3.05, 3.63) is 70.9 Å². The zero-order valence-electron chi connectivity index (χ0n) is 13.8. The van der Waals surface area contributed by atoms with Crippen LogP contribution in [0.4, 0.5) is 0 Å². The highest BCUT2D eigenvalue weighted by molar-refractivity contribution is 5.66. The van der Waals surface area contributed by atoms with Gasteiger partial charge in [-0.1, -0.05) is 62.0 Å². The van der Waals surface area contributed by atoms with Crippen LogP contribution in [0.2, 0.25) is 0 Å². The molecule has 0 radical (unpaired) electrons. The third kappa shape index (κ3) is 5.55. The smallest absolute Gasteiger partial charge is 0.143 e. The molecule has 1 nitrogen and oxygen atoms in total. The van der Waals surface area contributed by atoms with Crippen molar-refractivity contribution in [3.63, 3.8) is 0 Å². The molecule has 0 aromatic rings. The van der Waals surface area contributed by atoms with Crippen LogP contribution >= 0.6 is 0 Å². The van der Waals surface area contributed by atoms with Crippen molar-refractivity contribution < 1.29 is 4.79 Å². The Morgan fingerprint density at radius 2 is 1.81 bits per heavy atom. The lowest BCUT2D eigenvalue weighted by Crippen LogP contribution is -2.16. The fourth-order valence-corrected chi connectivity index (χ4v) is 2.41. The van der Waals surface area contributed by atoms with Crippen LogP contribution in [0.1, 0.15) is 41.0 Å². The molecule has 112 valence electrons. The minimum Gasteiger partial charge on any atom is -0.299 e. The summed E-state index contributed by atoms with van der Waals surface area (Å²) in [6, 6.07) is 0. The first kappa shape index (κ1) is 17.2. The summed E-state index contributed by atoms with van der Waals surface area (Å²) in [5.74, 6) is 0. The molecule has 21 heavy (non-hydrogen) atoms. The Balaban J connectivity index is 2.82. The monoisotopic (exact) mass is 282 g/mol. The van der Waals surface area contributed by atoms with E-state index >= 15 is 0 Å². The van der Waals surface area contributed by atoms with E-state index in [0.717, 1.165) is 18.3 Å². The van der Waals surface area contributed by atoms with Gasteiger partial charge in [-0.25, -0.2) is 0 Å². The minimum absolute atomic E-state index is 0.203. The highest BCUT2D eigenvalue weighted by Crippen LogP contribution is 2.37. The zero-order chi connectivity index (χ0) is 15.9. The van der Waals surface area contributed by atoms with Crippen LogP contribution in [0.25, 0.3) is 0 Å². The van der Waals surface area contributed by atoms with Crippen molar-refractivity contribution in [1.29, 1.82) is 0 Å². The molecular formula is C20H26O. The highest BCUT2D eigenvalue weighted by atomic mass is 16.1. The lowest BCUT2D eigenvalue weighted by atomic mass is 9.75. The van der Waals surface area contributed by atoms with Crippen LogP contribution in [0.15, 0.2) is 70.9 Å². The fourth-order valence-electron chi connectivity index (χ4n) is 2.41. The average molecular weight is 282 g/mol. The first-order chi connectivity index (χ1) is 9.86. The third-order valence-corrected chi connectivity index (χ3v) is 3.71. The summed E-state index contributed by atoms with van der Waals surface area (Å²) < 4.78 is 0. The molecule has 1 rings (SSSR count). The van der Waals surface area contributed by atoms with Gasteiger partial charge in [0.05, 0.1) is 0 Å². The maximum atomic E-state index is 10.3. The summed E-state index contributed by atoms with van der Waals surface area (Å²) >= 11 is 0. The number of aldehydes is 1. The summed E-state index contributed by atoms with van der Waals surface area (Å²) in [4.78, 5) is 10.3. The number of carbonyl (C=O) groups excluding carboxylic acids is 1. The van der Waals surface area contributed by atoms with E-state index in [9.17, 15) is 4.79 Å². The number of rotatable bonds is 5. The Labute approximate surface area is 129 Å². The molecule has 1 aliphatic carbocycles. The van der Waals surface area contributed by atoms with Crippen LogP contribution in [-0.4, -0.2) is 6.29 Å². The van der Waals surface area contributed by atoms with E-state index in [4.69, 9.17) is 0 Å². The maximum absolute atomic E-state index is 10.3. The molecule has 0 fully saturated rings. The van der Waals surface area contributed by atoms with Crippen molar-refractivity contribution in [2.45, 2.75) is 41.0 Å². The van der Waals surface area contributed by atoms with Crippen LogP contribution in [0, 0.1) is 5.41 Å². The third-order valence-electron chi connectivity index (χ3n) is 3.71. The van der Waals surface area contributed by atoms with Gasteiger partial charge in [-0.3, -0.25) is 4.79 Å². The van der Waals surface area contributed by atoms with Crippen LogP contribution in [-0.2, 0) is 4.79 Å². The van der Waals surface area contributed by atoms with E-state index in [0.29, 0.717) is 0 Å². The summed E-state index contributed by atoms with van der Waals surface area (Å²) in [6.45, 7) is 10.7. The summed E-state index contributed by atoms with van der Waals surface area (Å²) in [5.41, 5.74) is 5.09. The van der Waals surface area contributed by atoms with Gasteiger partial charge in [-0.05, 0) is 55.4 Å². The number of carbonyl (C=O) groups is 1. The second kappa shape index (κ2) is 7.78. The van der Waals surface area contributed by atoms with Crippen molar-refractivity contribution in [2.24, 2.45) is 5.41 Å². The van der Waals surface area contributed by atoms with Crippen LogP contribution in [0.5, 0.6) is 0 Å². The predicted molar refractivity (Wildman–Crippen MR) is 92.1 cm³/mol. The van der Waals surface area contributed by atoms with E-state index in [1.54, 1.807) is 6.08 Å². The molecule has 1 heteroatoms. The van der Waals surface area contributed by atoms with Gasteiger partial charge >= 0.3 is 0 Å². The first-order valence-electron chi connectivity index (χ1n) is 7.40. The lowest BCUT2D eigenvalue weighted by molar-refractivity contribution is -0.104. The molecule has 0 atom stereocenters. The van der Waals surface area contributed by atoms with Crippen molar-refractivity contribution in [1.82, 2.24) is 0 Å².